The first-order valence-corrected chi connectivity index (χ1v) is 11.7. The topological polar surface area (TPSA) is 67.4 Å². The van der Waals surface area contributed by atoms with E-state index in [1.807, 2.05) is 24.1 Å². The SMILES string of the molecule is CCc1ccccc1C1(CCCN)SC(c2cc(F)ccc2F)=NN1c1nnc(C)s1. The van der Waals surface area contributed by atoms with Crippen molar-refractivity contribution in [2.24, 2.45) is 10.8 Å². The Morgan fingerprint density at radius 3 is 2.65 bits per heavy atom. The van der Waals surface area contributed by atoms with E-state index in [2.05, 4.69) is 29.3 Å². The van der Waals surface area contributed by atoms with Gasteiger partial charge in [0.25, 0.3) is 0 Å². The molecule has 1 aliphatic heterocycles. The number of aromatic nitrogens is 2. The molecule has 4 rings (SSSR count). The molecule has 0 fully saturated rings. The predicted octanol–water partition coefficient (Wildman–Crippen LogP) is 5.19. The van der Waals surface area contributed by atoms with Crippen LogP contribution in [0.4, 0.5) is 13.9 Å². The normalized spacial score (nSPS) is 18.5. The molecule has 2 heterocycles. The van der Waals surface area contributed by atoms with Gasteiger partial charge in [-0.1, -0.05) is 54.3 Å². The molecule has 9 heteroatoms. The number of aryl methyl sites for hydroxylation is 2. The Labute approximate surface area is 188 Å². The second-order valence-corrected chi connectivity index (χ2v) is 9.66. The zero-order valence-electron chi connectivity index (χ0n) is 17.3. The highest BCUT2D eigenvalue weighted by atomic mass is 32.2. The lowest BCUT2D eigenvalue weighted by Crippen LogP contribution is -2.39. The molecule has 1 aliphatic rings. The van der Waals surface area contributed by atoms with E-state index in [0.29, 0.717) is 23.1 Å². The molecule has 0 spiro atoms. The van der Waals surface area contributed by atoms with Crippen LogP contribution in [-0.4, -0.2) is 21.8 Å². The first kappa shape index (κ1) is 21.9. The van der Waals surface area contributed by atoms with E-state index >= 15 is 0 Å². The zero-order chi connectivity index (χ0) is 22.0. The molecule has 0 saturated heterocycles. The minimum atomic E-state index is -0.688. The van der Waals surface area contributed by atoms with Gasteiger partial charge in [-0.25, -0.2) is 13.8 Å². The summed E-state index contributed by atoms with van der Waals surface area (Å²) in [6.45, 7) is 4.48. The zero-order valence-corrected chi connectivity index (χ0v) is 18.9. The lowest BCUT2D eigenvalue weighted by molar-refractivity contribution is 0.521. The van der Waals surface area contributed by atoms with Crippen molar-refractivity contribution in [2.45, 2.75) is 38.0 Å². The van der Waals surface area contributed by atoms with Crippen molar-refractivity contribution in [3.63, 3.8) is 0 Å². The molecule has 1 unspecified atom stereocenters. The molecule has 5 nitrogen and oxygen atoms in total. The smallest absolute Gasteiger partial charge is 0.230 e. The summed E-state index contributed by atoms with van der Waals surface area (Å²) in [5, 5.41) is 16.9. The number of halogens is 2. The quantitative estimate of drug-likeness (QED) is 0.526. The average molecular weight is 460 g/mol. The number of rotatable bonds is 7. The fourth-order valence-electron chi connectivity index (χ4n) is 3.75. The summed E-state index contributed by atoms with van der Waals surface area (Å²) in [6.07, 6.45) is 2.22. The maximum absolute atomic E-state index is 14.7. The minimum absolute atomic E-state index is 0.139. The molecular weight excluding hydrogens is 436 g/mol. The standard InChI is InChI=1S/C22H23F2N5S2/c1-3-15-7-4-5-8-18(15)22(11-6-12-25)29(21-27-26-14(2)30-21)28-20(31-22)17-13-16(23)9-10-19(17)24/h4-5,7-10,13H,3,6,11-12,25H2,1-2H3. The van der Waals surface area contributed by atoms with Crippen LogP contribution in [0.25, 0.3) is 0 Å². The molecular formula is C22H23F2N5S2. The Hall–Kier alpha value is -2.36. The molecule has 1 atom stereocenters. The highest BCUT2D eigenvalue weighted by Crippen LogP contribution is 2.53. The highest BCUT2D eigenvalue weighted by Gasteiger charge is 2.48. The molecule has 0 radical (unpaired) electrons. The van der Waals surface area contributed by atoms with E-state index in [4.69, 9.17) is 10.8 Å². The van der Waals surface area contributed by atoms with E-state index in [1.165, 1.54) is 29.2 Å². The monoisotopic (exact) mass is 459 g/mol. The van der Waals surface area contributed by atoms with E-state index < -0.39 is 16.5 Å². The summed E-state index contributed by atoms with van der Waals surface area (Å²) in [4.78, 5) is -0.688. The largest absolute Gasteiger partial charge is 0.330 e. The Kier molecular flexibility index (Phi) is 6.36. The second kappa shape index (κ2) is 9.02. The summed E-state index contributed by atoms with van der Waals surface area (Å²) in [5.74, 6) is -1.02. The summed E-state index contributed by atoms with van der Waals surface area (Å²) in [7, 11) is 0. The Balaban J connectivity index is 1.92. The third-order valence-corrected chi connectivity index (χ3v) is 7.44. The van der Waals surface area contributed by atoms with Gasteiger partial charge in [0.1, 0.15) is 26.6 Å². The number of benzene rings is 2. The van der Waals surface area contributed by atoms with Crippen LogP contribution in [0.15, 0.2) is 47.6 Å². The van der Waals surface area contributed by atoms with Gasteiger partial charge in [-0.05, 0) is 62.1 Å². The van der Waals surface area contributed by atoms with Crippen LogP contribution in [0.3, 0.4) is 0 Å². The number of thioether (sulfide) groups is 1. The fraction of sp³-hybridized carbons (Fsp3) is 0.318. The van der Waals surface area contributed by atoms with Crippen LogP contribution in [0.2, 0.25) is 0 Å². The first-order valence-electron chi connectivity index (χ1n) is 10.1. The van der Waals surface area contributed by atoms with Crippen LogP contribution in [0, 0.1) is 18.6 Å². The summed E-state index contributed by atoms with van der Waals surface area (Å²) < 4.78 is 28.7. The maximum atomic E-state index is 14.7. The molecule has 1 aromatic heterocycles. The van der Waals surface area contributed by atoms with Crippen LogP contribution in [0.1, 0.15) is 41.5 Å². The molecule has 3 aromatic rings. The summed E-state index contributed by atoms with van der Waals surface area (Å²) in [5.41, 5.74) is 8.26. The third-order valence-electron chi connectivity index (χ3n) is 5.19. The number of anilines is 1. The van der Waals surface area contributed by atoms with Crippen LogP contribution in [0.5, 0.6) is 0 Å². The molecule has 2 aromatic carbocycles. The van der Waals surface area contributed by atoms with Crippen molar-refractivity contribution in [3.05, 3.63) is 75.8 Å². The molecule has 162 valence electrons. The highest BCUT2D eigenvalue weighted by molar-refractivity contribution is 8.15. The van der Waals surface area contributed by atoms with Crippen LogP contribution < -0.4 is 10.7 Å². The average Bonchev–Trinajstić information content (AvgIpc) is 3.38. The van der Waals surface area contributed by atoms with Gasteiger partial charge in [-0.3, -0.25) is 0 Å². The number of nitrogens with two attached hydrogens (primary N) is 1. The van der Waals surface area contributed by atoms with Gasteiger partial charge in [0, 0.05) is 5.56 Å². The van der Waals surface area contributed by atoms with Crippen molar-refractivity contribution in [1.82, 2.24) is 10.2 Å². The molecule has 0 aliphatic carbocycles. The lowest BCUT2D eigenvalue weighted by Gasteiger charge is -2.36. The van der Waals surface area contributed by atoms with Gasteiger partial charge in [0.05, 0.1) is 0 Å². The van der Waals surface area contributed by atoms with Crippen LogP contribution in [-0.2, 0) is 11.3 Å². The Morgan fingerprint density at radius 2 is 1.94 bits per heavy atom. The van der Waals surface area contributed by atoms with Gasteiger partial charge in [-0.2, -0.15) is 5.10 Å². The fourth-order valence-corrected chi connectivity index (χ4v) is 5.99. The van der Waals surface area contributed by atoms with Crippen molar-refractivity contribution in [1.29, 1.82) is 0 Å². The number of hydrogen-bond donors (Lipinski definition) is 1. The molecule has 0 amide bonds. The van der Waals surface area contributed by atoms with Gasteiger partial charge < -0.3 is 5.73 Å². The lowest BCUT2D eigenvalue weighted by atomic mass is 9.94. The molecule has 2 N–H and O–H groups in total. The van der Waals surface area contributed by atoms with E-state index in [0.717, 1.165) is 41.1 Å². The van der Waals surface area contributed by atoms with Gasteiger partial charge in [0.2, 0.25) is 5.13 Å². The van der Waals surface area contributed by atoms with E-state index in [9.17, 15) is 8.78 Å². The van der Waals surface area contributed by atoms with Gasteiger partial charge in [0.15, 0.2) is 0 Å². The molecule has 0 bridgehead atoms. The van der Waals surface area contributed by atoms with Crippen molar-refractivity contribution >= 4 is 33.3 Å². The number of hydrazone groups is 1. The summed E-state index contributed by atoms with van der Waals surface area (Å²) >= 11 is 2.84. The first-order chi connectivity index (χ1) is 15.0. The molecule has 0 saturated carbocycles. The van der Waals surface area contributed by atoms with E-state index in [-0.39, 0.29) is 5.56 Å². The minimum Gasteiger partial charge on any atom is -0.330 e. The second-order valence-electron chi connectivity index (χ2n) is 7.23. The number of hydrogen-bond acceptors (Lipinski definition) is 7. The van der Waals surface area contributed by atoms with Crippen molar-refractivity contribution < 1.29 is 8.78 Å². The molecule has 31 heavy (non-hydrogen) atoms. The van der Waals surface area contributed by atoms with E-state index in [1.54, 1.807) is 0 Å². The van der Waals surface area contributed by atoms with Crippen LogP contribution >= 0.6 is 23.1 Å². The van der Waals surface area contributed by atoms with Gasteiger partial charge >= 0.3 is 0 Å². The maximum Gasteiger partial charge on any atom is 0.230 e. The van der Waals surface area contributed by atoms with Crippen molar-refractivity contribution in [3.8, 4) is 0 Å². The number of nitrogens with zero attached hydrogens (tertiary/aromatic N) is 4. The Bertz CT molecular complexity index is 1120. The van der Waals surface area contributed by atoms with Gasteiger partial charge in [-0.15, -0.1) is 10.2 Å². The predicted molar refractivity (Wildman–Crippen MR) is 123 cm³/mol. The third kappa shape index (κ3) is 4.09. The summed E-state index contributed by atoms with van der Waals surface area (Å²) in [6, 6.07) is 11.6. The van der Waals surface area contributed by atoms with Crippen molar-refractivity contribution in [2.75, 3.05) is 11.6 Å². The Morgan fingerprint density at radius 1 is 1.13 bits per heavy atom.